The van der Waals surface area contributed by atoms with Gasteiger partial charge in [-0.05, 0) is 72.8 Å². The molecule has 5 rings (SSSR count). The Morgan fingerprint density at radius 2 is 0.929 bits per heavy atom. The third kappa shape index (κ3) is 4.46. The number of carbonyl (C=O) groups is 1. The molecule has 7 heteroatoms. The third-order valence-electron chi connectivity index (χ3n) is 4.04. The van der Waals surface area contributed by atoms with Crippen LogP contribution in [0.5, 0.6) is 0 Å². The first-order valence-electron chi connectivity index (χ1n) is 8.43. The molecule has 0 fully saturated rings. The average Bonchev–Trinajstić information content (AvgIpc) is 3.39. The molecule has 142 valence electrons. The predicted molar refractivity (Wildman–Crippen MR) is 107 cm³/mol. The molecular weight excluding hydrogens is 404 g/mol. The Hall–Kier alpha value is -3.41. The van der Waals surface area contributed by atoms with E-state index in [-0.39, 0.29) is 0 Å². The van der Waals surface area contributed by atoms with Crippen molar-refractivity contribution in [3.05, 3.63) is 71.3 Å². The van der Waals surface area contributed by atoms with E-state index in [1.807, 2.05) is 48.6 Å². The summed E-state index contributed by atoms with van der Waals surface area (Å²) in [7, 11) is 0. The van der Waals surface area contributed by atoms with E-state index in [1.54, 1.807) is 0 Å². The first-order valence-corrected chi connectivity index (χ1v) is 8.90. The Morgan fingerprint density at radius 1 is 0.679 bits per heavy atom. The van der Waals surface area contributed by atoms with E-state index in [4.69, 9.17) is 9.90 Å². The number of H-pyrrole nitrogens is 2. The molecule has 3 N–H and O–H groups in total. The monoisotopic (exact) mass is 418 g/mol. The molecule has 0 atom stereocenters. The van der Waals surface area contributed by atoms with E-state index in [0.29, 0.717) is 0 Å². The van der Waals surface area contributed by atoms with Crippen LogP contribution in [0.1, 0.15) is 22.8 Å². The summed E-state index contributed by atoms with van der Waals surface area (Å²) in [6.07, 6.45) is 8.09. The van der Waals surface area contributed by atoms with Crippen molar-refractivity contribution in [2.24, 2.45) is 0 Å². The van der Waals surface area contributed by atoms with E-state index >= 15 is 0 Å². The number of carboxylic acid groups (broad SMARTS) is 1. The Bertz CT molecular complexity index is 1090. The molecule has 0 saturated heterocycles. The van der Waals surface area contributed by atoms with Crippen LogP contribution in [0.25, 0.3) is 46.4 Å². The average molecular weight is 419 g/mol. The van der Waals surface area contributed by atoms with E-state index < -0.39 is 4.87 Å². The zero-order chi connectivity index (χ0) is 19.5. The fourth-order valence-corrected chi connectivity index (χ4v) is 2.94. The Morgan fingerprint density at radius 3 is 1.18 bits per heavy atom. The van der Waals surface area contributed by atoms with Crippen molar-refractivity contribution < 1.29 is 25.9 Å². The Balaban J connectivity index is 0.000000442. The van der Waals surface area contributed by atoms with Gasteiger partial charge in [0.25, 0.3) is 0 Å². The second-order valence-electron chi connectivity index (χ2n) is 6.13. The topological polar surface area (TPSA) is 94.7 Å². The maximum absolute atomic E-state index is 8.81. The van der Waals surface area contributed by atoms with Gasteiger partial charge in [-0.15, -0.1) is 0 Å². The van der Waals surface area contributed by atoms with Gasteiger partial charge in [-0.25, -0.2) is 9.97 Å². The van der Waals surface area contributed by atoms with Gasteiger partial charge >= 0.3 is 30.8 Å². The van der Waals surface area contributed by atoms with Gasteiger partial charge in [0, 0.05) is 22.1 Å². The van der Waals surface area contributed by atoms with Crippen LogP contribution in [0.4, 0.5) is 4.79 Å². The first-order chi connectivity index (χ1) is 13.5. The predicted octanol–water partition coefficient (Wildman–Crippen LogP) is 4.87. The van der Waals surface area contributed by atoms with Crippen molar-refractivity contribution in [1.29, 1.82) is 0 Å². The Labute approximate surface area is 168 Å². The van der Waals surface area contributed by atoms with Crippen LogP contribution in [0, 0.1) is 0 Å². The molecule has 0 aliphatic carbocycles. The van der Waals surface area contributed by atoms with Gasteiger partial charge in [-0.2, -0.15) is 0 Å². The number of fused-ring (bicyclic) bond motifs is 8. The van der Waals surface area contributed by atoms with Crippen LogP contribution >= 0.6 is 0 Å². The number of rotatable bonds is 0. The molecule has 2 aliphatic rings. The number of hydrogen-bond donors (Lipinski definition) is 3. The SMILES string of the molecule is C1=Cc2cc3ccc(cc4nc(cc5ccc(cc1n2)[nH]5)C=C4)[nH]3.O=[C](O)[Cu]. The van der Waals surface area contributed by atoms with Gasteiger partial charge < -0.3 is 9.97 Å². The summed E-state index contributed by atoms with van der Waals surface area (Å²) in [4.78, 5) is 23.6. The minimum atomic E-state index is -1.27. The van der Waals surface area contributed by atoms with Gasteiger partial charge in [-0.3, -0.25) is 0 Å². The van der Waals surface area contributed by atoms with Gasteiger partial charge in [-0.1, -0.05) is 0 Å². The molecule has 28 heavy (non-hydrogen) atoms. The normalized spacial score (nSPS) is 11.8. The van der Waals surface area contributed by atoms with Gasteiger partial charge in [0.15, 0.2) is 0 Å². The van der Waals surface area contributed by atoms with Crippen molar-refractivity contribution in [2.45, 2.75) is 0 Å². The summed E-state index contributed by atoms with van der Waals surface area (Å²) in [5.41, 5.74) is 7.86. The standard InChI is InChI=1S/C20H14N4.CHO2.Cu/c1-2-14-10-16-5-6-18(23-16)12-20-8-7-19(24-20)11-17-4-3-15(22-17)9-13(1)21-14;2-1-3;/h1-12,21,24H;(H,2,3);. The van der Waals surface area contributed by atoms with Crippen molar-refractivity contribution in [3.8, 4) is 0 Å². The maximum atomic E-state index is 8.81. The summed E-state index contributed by atoms with van der Waals surface area (Å²) >= 11 is 3.66. The summed E-state index contributed by atoms with van der Waals surface area (Å²) in [5, 5.41) is 7.22. The molecule has 0 spiro atoms. The van der Waals surface area contributed by atoms with Crippen LogP contribution in [0.15, 0.2) is 48.5 Å². The van der Waals surface area contributed by atoms with E-state index in [0.717, 1.165) is 44.8 Å². The van der Waals surface area contributed by atoms with E-state index in [2.05, 4.69) is 60.2 Å². The number of nitrogens with one attached hydrogen (secondary N) is 2. The number of aromatic amines is 2. The van der Waals surface area contributed by atoms with Crippen molar-refractivity contribution in [2.75, 3.05) is 0 Å². The molecular formula is C21H15CuN4O2. The summed E-state index contributed by atoms with van der Waals surface area (Å²) < 4.78 is 0. The summed E-state index contributed by atoms with van der Waals surface area (Å²) in [6.45, 7) is 0. The fourth-order valence-electron chi connectivity index (χ4n) is 2.94. The summed E-state index contributed by atoms with van der Waals surface area (Å²) in [5.74, 6) is 0. The second kappa shape index (κ2) is 7.68. The van der Waals surface area contributed by atoms with Crippen LogP contribution in [-0.2, 0) is 16.0 Å². The number of nitrogens with zero attached hydrogens (tertiary/aromatic N) is 2. The number of aromatic nitrogens is 4. The third-order valence-corrected chi connectivity index (χ3v) is 4.04. The molecule has 8 bridgehead atoms. The molecule has 3 aromatic rings. The van der Waals surface area contributed by atoms with Crippen LogP contribution in [0.2, 0.25) is 0 Å². The van der Waals surface area contributed by atoms with E-state index in [9.17, 15) is 0 Å². The Kier molecular flexibility index (Phi) is 4.93. The quantitative estimate of drug-likeness (QED) is 0.313. The molecule has 0 unspecified atom stereocenters. The molecule has 0 amide bonds. The first kappa shape index (κ1) is 18.0. The summed E-state index contributed by atoms with van der Waals surface area (Å²) in [6, 6.07) is 16.4. The van der Waals surface area contributed by atoms with Gasteiger partial charge in [0.05, 0.1) is 22.8 Å². The van der Waals surface area contributed by atoms with E-state index in [1.165, 1.54) is 0 Å². The van der Waals surface area contributed by atoms with Crippen LogP contribution in [0.3, 0.4) is 0 Å². The zero-order valence-electron chi connectivity index (χ0n) is 14.5. The molecule has 6 nitrogen and oxygen atoms in total. The molecule has 0 aromatic carbocycles. The molecule has 0 saturated carbocycles. The van der Waals surface area contributed by atoms with Crippen LogP contribution in [-0.4, -0.2) is 29.9 Å². The van der Waals surface area contributed by atoms with Crippen LogP contribution < -0.4 is 0 Å². The molecule has 2 aliphatic heterocycles. The second-order valence-corrected chi connectivity index (χ2v) is 6.53. The minimum absolute atomic E-state index is 0.939. The number of hydrogen-bond acceptors (Lipinski definition) is 3. The van der Waals surface area contributed by atoms with Crippen molar-refractivity contribution in [3.63, 3.8) is 0 Å². The molecule has 0 radical (unpaired) electrons. The van der Waals surface area contributed by atoms with Crippen molar-refractivity contribution in [1.82, 2.24) is 19.9 Å². The van der Waals surface area contributed by atoms with Gasteiger partial charge in [0.2, 0.25) is 0 Å². The molecule has 5 heterocycles. The zero-order valence-corrected chi connectivity index (χ0v) is 15.4. The molecule has 3 aromatic heterocycles. The fraction of sp³-hybridized carbons (Fsp3) is 0. The van der Waals surface area contributed by atoms with Crippen molar-refractivity contribution >= 4 is 51.2 Å². The van der Waals surface area contributed by atoms with Gasteiger partial charge in [0.1, 0.15) is 0 Å².